The van der Waals surface area contributed by atoms with E-state index in [1.54, 1.807) is 0 Å². The van der Waals surface area contributed by atoms with Gasteiger partial charge in [-0.3, -0.25) is 4.79 Å². The number of ether oxygens (including phenoxy) is 1. The molecule has 0 unspecified atom stereocenters. The van der Waals surface area contributed by atoms with Gasteiger partial charge in [-0.05, 0) is 0 Å². The van der Waals surface area contributed by atoms with Crippen LogP contribution in [0.15, 0.2) is 12.3 Å². The van der Waals surface area contributed by atoms with E-state index in [4.69, 9.17) is 0 Å². The zero-order valence-electron chi connectivity index (χ0n) is 4.15. The fraction of sp³-hybridized carbons (Fsp3) is 0.250. The molecule has 0 N–H and O–H groups in total. The van der Waals surface area contributed by atoms with E-state index < -0.39 is 12.0 Å². The van der Waals surface area contributed by atoms with Crippen molar-refractivity contribution in [2.45, 2.75) is 6.92 Å². The van der Waals surface area contributed by atoms with Gasteiger partial charge in [-0.1, -0.05) is 0 Å². The lowest BCUT2D eigenvalue weighted by Gasteiger charge is -1.85. The van der Waals surface area contributed by atoms with Crippen molar-refractivity contribution in [2.24, 2.45) is 0 Å². The van der Waals surface area contributed by atoms with Crippen LogP contribution in [0.3, 0.4) is 0 Å². The maximum atomic E-state index is 11.0. The maximum Gasteiger partial charge on any atom is 0.307 e. The van der Waals surface area contributed by atoms with Gasteiger partial charge in [0.05, 0.1) is 0 Å². The lowest BCUT2D eigenvalue weighted by atomic mass is 10.8. The smallest absolute Gasteiger partial charge is 0.307 e. The number of rotatable bonds is 1. The largest absolute Gasteiger partial charge is 0.429 e. The fourth-order valence-electron chi connectivity index (χ4n) is 0.128. The van der Waals surface area contributed by atoms with Gasteiger partial charge in [0.1, 0.15) is 0 Å². The zero-order chi connectivity index (χ0) is 6.57. The third-order valence-corrected chi connectivity index (χ3v) is 0.314. The molecular weight excluding hydrogens is 118 g/mol. The summed E-state index contributed by atoms with van der Waals surface area (Å²) >= 11 is 0. The zero-order valence-corrected chi connectivity index (χ0v) is 4.15. The lowest BCUT2D eigenvalue weighted by molar-refractivity contribution is -0.135. The predicted octanol–water partition coefficient (Wildman–Crippen LogP) is 1.29. The SMILES string of the molecule is CC(=O)OC=C(F)F. The summed E-state index contributed by atoms with van der Waals surface area (Å²) in [7, 11) is 0. The first-order chi connectivity index (χ1) is 3.63. The van der Waals surface area contributed by atoms with Crippen molar-refractivity contribution < 1.29 is 18.3 Å². The Balaban J connectivity index is 3.45. The minimum atomic E-state index is -2.01. The molecule has 0 saturated heterocycles. The maximum absolute atomic E-state index is 11.0. The highest BCUT2D eigenvalue weighted by Crippen LogP contribution is 1.95. The number of halogens is 2. The molecule has 0 atom stereocenters. The van der Waals surface area contributed by atoms with Crippen molar-refractivity contribution in [3.05, 3.63) is 12.3 Å². The number of hydrogen-bond acceptors (Lipinski definition) is 2. The van der Waals surface area contributed by atoms with Gasteiger partial charge >= 0.3 is 12.0 Å². The molecule has 0 rings (SSSR count). The average Bonchev–Trinajstić information content (AvgIpc) is 1.61. The molecular formula is C4H4F2O2. The molecule has 0 aromatic heterocycles. The predicted molar refractivity (Wildman–Crippen MR) is 22.1 cm³/mol. The van der Waals surface area contributed by atoms with E-state index in [0.717, 1.165) is 6.92 Å². The van der Waals surface area contributed by atoms with Crippen LogP contribution in [0.2, 0.25) is 0 Å². The summed E-state index contributed by atoms with van der Waals surface area (Å²) in [4.78, 5) is 9.75. The Morgan fingerprint density at radius 3 is 2.25 bits per heavy atom. The molecule has 2 nitrogen and oxygen atoms in total. The van der Waals surface area contributed by atoms with Gasteiger partial charge in [-0.15, -0.1) is 0 Å². The van der Waals surface area contributed by atoms with E-state index in [1.165, 1.54) is 0 Å². The first-order valence-corrected chi connectivity index (χ1v) is 1.81. The summed E-state index contributed by atoms with van der Waals surface area (Å²) in [5.41, 5.74) is 0. The molecule has 0 spiro atoms. The van der Waals surface area contributed by atoms with Crippen LogP contribution in [0.4, 0.5) is 8.78 Å². The number of esters is 1. The first kappa shape index (κ1) is 7.07. The summed E-state index contributed by atoms with van der Waals surface area (Å²) in [6, 6.07) is 0. The van der Waals surface area contributed by atoms with Crippen molar-refractivity contribution in [3.8, 4) is 0 Å². The normalized spacial score (nSPS) is 7.88. The summed E-state index contributed by atoms with van der Waals surface area (Å²) in [6.45, 7) is 1.04. The molecule has 0 aliphatic heterocycles. The van der Waals surface area contributed by atoms with E-state index in [-0.39, 0.29) is 6.26 Å². The highest BCUT2D eigenvalue weighted by Gasteiger charge is 1.90. The molecule has 8 heavy (non-hydrogen) atoms. The second-order valence-corrected chi connectivity index (χ2v) is 1.02. The standard InChI is InChI=1S/C4H4F2O2/c1-3(7)8-2-4(5)6/h2H,1H3. The molecule has 0 heterocycles. The van der Waals surface area contributed by atoms with Crippen molar-refractivity contribution in [3.63, 3.8) is 0 Å². The fourth-order valence-corrected chi connectivity index (χ4v) is 0.128. The summed E-state index contributed by atoms with van der Waals surface area (Å²) in [6.07, 6.45) is -1.91. The van der Waals surface area contributed by atoms with E-state index in [0.29, 0.717) is 0 Å². The quantitative estimate of drug-likeness (QED) is 0.387. The topological polar surface area (TPSA) is 26.3 Å². The lowest BCUT2D eigenvalue weighted by Crippen LogP contribution is -1.89. The number of carbonyl (C=O) groups is 1. The highest BCUT2D eigenvalue weighted by molar-refractivity contribution is 5.66. The first-order valence-electron chi connectivity index (χ1n) is 1.81. The van der Waals surface area contributed by atoms with E-state index >= 15 is 0 Å². The molecule has 0 bridgehead atoms. The Morgan fingerprint density at radius 1 is 1.62 bits per heavy atom. The Labute approximate surface area is 44.8 Å². The van der Waals surface area contributed by atoms with Crippen LogP contribution < -0.4 is 0 Å². The van der Waals surface area contributed by atoms with Gasteiger partial charge in [0.15, 0.2) is 6.26 Å². The molecule has 46 valence electrons. The Morgan fingerprint density at radius 2 is 2.12 bits per heavy atom. The van der Waals surface area contributed by atoms with Crippen molar-refractivity contribution in [2.75, 3.05) is 0 Å². The van der Waals surface area contributed by atoms with Gasteiger partial charge in [0.25, 0.3) is 0 Å². The molecule has 0 aliphatic rings. The molecule has 0 aromatic rings. The monoisotopic (exact) mass is 122 g/mol. The molecule has 0 amide bonds. The molecule has 0 radical (unpaired) electrons. The summed E-state index contributed by atoms with van der Waals surface area (Å²) in [5.74, 6) is -0.752. The minimum Gasteiger partial charge on any atom is -0.429 e. The van der Waals surface area contributed by atoms with Crippen LogP contribution in [-0.4, -0.2) is 5.97 Å². The number of carbonyl (C=O) groups excluding carboxylic acids is 1. The van der Waals surface area contributed by atoms with Crippen LogP contribution in [0.1, 0.15) is 6.92 Å². The van der Waals surface area contributed by atoms with Gasteiger partial charge in [0, 0.05) is 6.92 Å². The van der Waals surface area contributed by atoms with Crippen LogP contribution in [-0.2, 0) is 9.53 Å². The highest BCUT2D eigenvalue weighted by atomic mass is 19.3. The minimum absolute atomic E-state index is 0.0995. The van der Waals surface area contributed by atoms with E-state index in [1.807, 2.05) is 0 Å². The van der Waals surface area contributed by atoms with Crippen LogP contribution in [0, 0.1) is 0 Å². The third kappa shape index (κ3) is 5.07. The Hall–Kier alpha value is -0.930. The Kier molecular flexibility index (Phi) is 2.76. The summed E-state index contributed by atoms with van der Waals surface area (Å²) < 4.78 is 25.7. The van der Waals surface area contributed by atoms with Gasteiger partial charge in [-0.2, -0.15) is 8.78 Å². The van der Waals surface area contributed by atoms with Crippen molar-refractivity contribution >= 4 is 5.97 Å². The second kappa shape index (κ2) is 3.12. The second-order valence-electron chi connectivity index (χ2n) is 1.02. The van der Waals surface area contributed by atoms with Crippen LogP contribution in [0.5, 0.6) is 0 Å². The molecule has 4 heteroatoms. The van der Waals surface area contributed by atoms with Crippen LogP contribution in [0.25, 0.3) is 0 Å². The van der Waals surface area contributed by atoms with Gasteiger partial charge in [0.2, 0.25) is 0 Å². The molecule has 0 aliphatic carbocycles. The van der Waals surface area contributed by atoms with Gasteiger partial charge < -0.3 is 4.74 Å². The van der Waals surface area contributed by atoms with Crippen molar-refractivity contribution in [1.82, 2.24) is 0 Å². The summed E-state index contributed by atoms with van der Waals surface area (Å²) in [5, 5.41) is 0. The molecule has 0 saturated carbocycles. The molecule has 0 aromatic carbocycles. The number of hydrogen-bond donors (Lipinski definition) is 0. The van der Waals surface area contributed by atoms with Crippen molar-refractivity contribution in [1.29, 1.82) is 0 Å². The average molecular weight is 122 g/mol. The molecule has 0 fully saturated rings. The Bertz CT molecular complexity index is 115. The van der Waals surface area contributed by atoms with Crippen LogP contribution >= 0.6 is 0 Å². The third-order valence-electron chi connectivity index (χ3n) is 0.314. The van der Waals surface area contributed by atoms with E-state index in [2.05, 4.69) is 4.74 Å². The van der Waals surface area contributed by atoms with E-state index in [9.17, 15) is 13.6 Å². The van der Waals surface area contributed by atoms with Gasteiger partial charge in [-0.25, -0.2) is 0 Å².